The van der Waals surface area contributed by atoms with E-state index < -0.39 is 0 Å². The summed E-state index contributed by atoms with van der Waals surface area (Å²) >= 11 is 1.56. The lowest BCUT2D eigenvalue weighted by Crippen LogP contribution is -2.24. The van der Waals surface area contributed by atoms with Gasteiger partial charge >= 0.3 is 0 Å². The molecule has 0 unspecified atom stereocenters. The first-order chi connectivity index (χ1) is 10.6. The Morgan fingerprint density at radius 2 is 1.91 bits per heavy atom. The van der Waals surface area contributed by atoms with E-state index in [1.165, 1.54) is 11.1 Å². The van der Waals surface area contributed by atoms with Gasteiger partial charge in [0.2, 0.25) is 5.91 Å². The molecule has 0 aliphatic heterocycles. The van der Waals surface area contributed by atoms with Crippen molar-refractivity contribution in [2.75, 3.05) is 5.75 Å². The highest BCUT2D eigenvalue weighted by Crippen LogP contribution is 2.23. The van der Waals surface area contributed by atoms with Gasteiger partial charge in [0.15, 0.2) is 0 Å². The number of amides is 1. The Bertz CT molecular complexity index is 702. The number of nitriles is 1. The summed E-state index contributed by atoms with van der Waals surface area (Å²) in [6, 6.07) is 15.6. The highest BCUT2D eigenvalue weighted by molar-refractivity contribution is 8.00. The first-order valence-corrected chi connectivity index (χ1v) is 8.03. The van der Waals surface area contributed by atoms with Crippen LogP contribution in [0, 0.1) is 25.2 Å². The fourth-order valence-electron chi connectivity index (χ4n) is 1.95. The Balaban J connectivity index is 1.83. The Hall–Kier alpha value is -2.25. The van der Waals surface area contributed by atoms with Gasteiger partial charge in [-0.1, -0.05) is 29.8 Å². The quantitative estimate of drug-likeness (QED) is 0.859. The zero-order valence-electron chi connectivity index (χ0n) is 12.7. The number of hydrogen-bond acceptors (Lipinski definition) is 3. The lowest BCUT2D eigenvalue weighted by molar-refractivity contribution is -0.118. The highest BCUT2D eigenvalue weighted by Gasteiger charge is 2.05. The average molecular weight is 310 g/mol. The molecular weight excluding hydrogens is 292 g/mol. The van der Waals surface area contributed by atoms with Crippen LogP contribution in [0.3, 0.4) is 0 Å². The van der Waals surface area contributed by atoms with E-state index in [2.05, 4.69) is 43.4 Å². The molecule has 0 heterocycles. The number of thioether (sulfide) groups is 1. The van der Waals surface area contributed by atoms with E-state index >= 15 is 0 Å². The van der Waals surface area contributed by atoms with Crippen LogP contribution in [0.5, 0.6) is 0 Å². The van der Waals surface area contributed by atoms with Crippen molar-refractivity contribution < 1.29 is 4.79 Å². The van der Waals surface area contributed by atoms with Gasteiger partial charge in [0, 0.05) is 11.4 Å². The Morgan fingerprint density at radius 3 is 2.59 bits per heavy atom. The van der Waals surface area contributed by atoms with Crippen LogP contribution in [0.15, 0.2) is 47.4 Å². The molecule has 0 bridgehead atoms. The van der Waals surface area contributed by atoms with Crippen LogP contribution in [-0.4, -0.2) is 11.7 Å². The monoisotopic (exact) mass is 310 g/mol. The molecule has 2 rings (SSSR count). The molecule has 0 saturated heterocycles. The second-order valence-electron chi connectivity index (χ2n) is 5.14. The van der Waals surface area contributed by atoms with Crippen molar-refractivity contribution in [1.29, 1.82) is 5.26 Å². The molecule has 0 aliphatic carbocycles. The number of carbonyl (C=O) groups is 1. The third kappa shape index (κ3) is 4.64. The largest absolute Gasteiger partial charge is 0.351 e. The SMILES string of the molecule is Cc1ccc(C)c(SCC(=O)NCc2ccc(C#N)cc2)c1. The molecule has 2 aromatic rings. The van der Waals surface area contributed by atoms with Gasteiger partial charge in [-0.2, -0.15) is 5.26 Å². The van der Waals surface area contributed by atoms with Crippen LogP contribution < -0.4 is 5.32 Å². The maximum absolute atomic E-state index is 11.9. The molecular formula is C18H18N2OS. The van der Waals surface area contributed by atoms with E-state index in [4.69, 9.17) is 5.26 Å². The smallest absolute Gasteiger partial charge is 0.230 e. The number of carbonyl (C=O) groups excluding carboxylic acids is 1. The highest BCUT2D eigenvalue weighted by atomic mass is 32.2. The van der Waals surface area contributed by atoms with Gasteiger partial charge in [0.05, 0.1) is 17.4 Å². The van der Waals surface area contributed by atoms with Crippen molar-refractivity contribution in [3.8, 4) is 6.07 Å². The molecule has 2 aromatic carbocycles. The summed E-state index contributed by atoms with van der Waals surface area (Å²) in [6.45, 7) is 4.59. The standard InChI is InChI=1S/C18H18N2OS/c1-13-3-4-14(2)17(9-13)22-12-18(21)20-11-16-7-5-15(10-19)6-8-16/h3-9H,11-12H2,1-2H3,(H,20,21). The predicted octanol–water partition coefficient (Wildman–Crippen LogP) is 3.58. The number of benzene rings is 2. The van der Waals surface area contributed by atoms with Crippen LogP contribution in [0.1, 0.15) is 22.3 Å². The molecule has 4 heteroatoms. The summed E-state index contributed by atoms with van der Waals surface area (Å²) in [5.74, 6) is 0.413. The lowest BCUT2D eigenvalue weighted by atomic mass is 10.1. The average Bonchev–Trinajstić information content (AvgIpc) is 2.54. The molecule has 0 aliphatic rings. The zero-order chi connectivity index (χ0) is 15.9. The van der Waals surface area contributed by atoms with Crippen molar-refractivity contribution in [3.05, 3.63) is 64.7 Å². The Kier molecular flexibility index (Phi) is 5.62. The topological polar surface area (TPSA) is 52.9 Å². The molecule has 22 heavy (non-hydrogen) atoms. The van der Waals surface area contributed by atoms with Crippen molar-refractivity contribution in [1.82, 2.24) is 5.32 Å². The van der Waals surface area contributed by atoms with Crippen molar-refractivity contribution in [3.63, 3.8) is 0 Å². The number of aryl methyl sites for hydroxylation is 2. The zero-order valence-corrected chi connectivity index (χ0v) is 13.5. The molecule has 112 valence electrons. The molecule has 1 N–H and O–H groups in total. The fourth-order valence-corrected chi connectivity index (χ4v) is 2.91. The minimum atomic E-state index is 0.00951. The van der Waals surface area contributed by atoms with Gasteiger partial charge < -0.3 is 5.32 Å². The van der Waals surface area contributed by atoms with Crippen molar-refractivity contribution in [2.45, 2.75) is 25.3 Å². The van der Waals surface area contributed by atoms with Gasteiger partial charge in [-0.3, -0.25) is 4.79 Å². The van der Waals surface area contributed by atoms with E-state index in [0.29, 0.717) is 17.9 Å². The molecule has 0 atom stereocenters. The summed E-state index contributed by atoms with van der Waals surface area (Å²) in [5, 5.41) is 11.6. The number of hydrogen-bond donors (Lipinski definition) is 1. The third-order valence-electron chi connectivity index (χ3n) is 3.28. The fraction of sp³-hybridized carbons (Fsp3) is 0.222. The maximum Gasteiger partial charge on any atom is 0.230 e. The van der Waals surface area contributed by atoms with Crippen molar-refractivity contribution in [2.24, 2.45) is 0 Å². The summed E-state index contributed by atoms with van der Waals surface area (Å²) in [4.78, 5) is 13.1. The molecule has 0 saturated carbocycles. The lowest BCUT2D eigenvalue weighted by Gasteiger charge is -2.08. The van der Waals surface area contributed by atoms with Gasteiger partial charge in [-0.25, -0.2) is 0 Å². The van der Waals surface area contributed by atoms with Crippen LogP contribution in [0.2, 0.25) is 0 Å². The second kappa shape index (κ2) is 7.67. The first kappa shape index (κ1) is 16.1. The maximum atomic E-state index is 11.9. The van der Waals surface area contributed by atoms with E-state index in [1.807, 2.05) is 12.1 Å². The third-order valence-corrected chi connectivity index (χ3v) is 4.43. The summed E-state index contributed by atoms with van der Waals surface area (Å²) in [6.07, 6.45) is 0. The Labute approximate surface area is 135 Å². The first-order valence-electron chi connectivity index (χ1n) is 7.04. The van der Waals surface area contributed by atoms with Crippen LogP contribution in [0.4, 0.5) is 0 Å². The van der Waals surface area contributed by atoms with Gasteiger partial charge in [0.25, 0.3) is 0 Å². The number of nitrogens with zero attached hydrogens (tertiary/aromatic N) is 1. The molecule has 0 fully saturated rings. The molecule has 1 amide bonds. The van der Waals surface area contributed by atoms with E-state index in [-0.39, 0.29) is 5.91 Å². The predicted molar refractivity (Wildman–Crippen MR) is 89.6 cm³/mol. The number of rotatable bonds is 5. The molecule has 0 spiro atoms. The number of nitrogens with one attached hydrogen (secondary N) is 1. The van der Waals surface area contributed by atoms with Gasteiger partial charge in [-0.15, -0.1) is 11.8 Å². The van der Waals surface area contributed by atoms with E-state index in [9.17, 15) is 4.79 Å². The van der Waals surface area contributed by atoms with E-state index in [1.54, 1.807) is 23.9 Å². The van der Waals surface area contributed by atoms with Crippen LogP contribution in [0.25, 0.3) is 0 Å². The van der Waals surface area contributed by atoms with Crippen LogP contribution in [-0.2, 0) is 11.3 Å². The second-order valence-corrected chi connectivity index (χ2v) is 6.16. The van der Waals surface area contributed by atoms with E-state index in [0.717, 1.165) is 10.5 Å². The summed E-state index contributed by atoms with van der Waals surface area (Å²) in [5.41, 5.74) is 4.01. The Morgan fingerprint density at radius 1 is 1.18 bits per heavy atom. The molecule has 0 aromatic heterocycles. The molecule has 3 nitrogen and oxygen atoms in total. The minimum absolute atomic E-state index is 0.00951. The van der Waals surface area contributed by atoms with Gasteiger partial charge in [0.1, 0.15) is 0 Å². The summed E-state index contributed by atoms with van der Waals surface area (Å²) < 4.78 is 0. The van der Waals surface area contributed by atoms with Crippen LogP contribution >= 0.6 is 11.8 Å². The normalized spacial score (nSPS) is 10.0. The molecule has 0 radical (unpaired) electrons. The van der Waals surface area contributed by atoms with Crippen molar-refractivity contribution >= 4 is 17.7 Å². The van der Waals surface area contributed by atoms with Gasteiger partial charge in [-0.05, 0) is 43.2 Å². The minimum Gasteiger partial charge on any atom is -0.351 e. The summed E-state index contributed by atoms with van der Waals surface area (Å²) in [7, 11) is 0.